The van der Waals surface area contributed by atoms with Gasteiger partial charge in [0.1, 0.15) is 5.82 Å². The number of hydrogen-bond acceptors (Lipinski definition) is 2. The second-order valence-corrected chi connectivity index (χ2v) is 5.58. The maximum Gasteiger partial charge on any atom is 0.255 e. The molecular weight excluding hydrogens is 261 g/mol. The predicted molar refractivity (Wildman–Crippen MR) is 73.6 cm³/mol. The van der Waals surface area contributed by atoms with E-state index in [0.29, 0.717) is 12.6 Å². The van der Waals surface area contributed by atoms with Crippen LogP contribution >= 0.6 is 11.3 Å². The van der Waals surface area contributed by atoms with E-state index < -0.39 is 0 Å². The Balaban J connectivity index is 1.78. The van der Waals surface area contributed by atoms with Crippen LogP contribution in [-0.4, -0.2) is 16.8 Å². The van der Waals surface area contributed by atoms with Crippen LogP contribution in [0.2, 0.25) is 0 Å². The van der Waals surface area contributed by atoms with Gasteiger partial charge in [0, 0.05) is 18.0 Å². The lowest BCUT2D eigenvalue weighted by atomic mass is 10.2. The molecule has 0 atom stereocenters. The summed E-state index contributed by atoms with van der Waals surface area (Å²) >= 11 is 1.53. The van der Waals surface area contributed by atoms with Gasteiger partial charge in [-0.3, -0.25) is 4.79 Å². The second-order valence-electron chi connectivity index (χ2n) is 4.80. The van der Waals surface area contributed by atoms with Crippen LogP contribution in [0, 0.1) is 5.82 Å². The van der Waals surface area contributed by atoms with Crippen molar-refractivity contribution in [1.82, 2.24) is 4.90 Å². The molecular formula is C15H14FNOS. The molecule has 1 aromatic carbocycles. The van der Waals surface area contributed by atoms with Crippen molar-refractivity contribution < 1.29 is 9.18 Å². The number of carbonyl (C=O) groups excluding carboxylic acids is 1. The molecule has 2 nitrogen and oxygen atoms in total. The highest BCUT2D eigenvalue weighted by Gasteiger charge is 2.33. The first-order valence-electron chi connectivity index (χ1n) is 6.31. The summed E-state index contributed by atoms with van der Waals surface area (Å²) in [5, 5.41) is 3.79. The van der Waals surface area contributed by atoms with Gasteiger partial charge in [-0.05, 0) is 42.0 Å². The second kappa shape index (κ2) is 5.13. The number of rotatable bonds is 4. The zero-order chi connectivity index (χ0) is 13.2. The molecule has 2 aromatic rings. The average Bonchev–Trinajstić information content (AvgIpc) is 3.11. The van der Waals surface area contributed by atoms with Gasteiger partial charge in [-0.2, -0.15) is 11.3 Å². The van der Waals surface area contributed by atoms with Crippen molar-refractivity contribution in [3.05, 3.63) is 58.0 Å². The molecule has 1 heterocycles. The van der Waals surface area contributed by atoms with Gasteiger partial charge in [0.25, 0.3) is 5.91 Å². The number of nitrogens with zero attached hydrogens (tertiary/aromatic N) is 1. The minimum absolute atomic E-state index is 0.0769. The van der Waals surface area contributed by atoms with E-state index >= 15 is 0 Å². The van der Waals surface area contributed by atoms with Crippen LogP contribution in [0.4, 0.5) is 4.39 Å². The SMILES string of the molecule is O=C(c1ccsc1)N(Cc1ccc(F)cc1)C1CC1. The van der Waals surface area contributed by atoms with Gasteiger partial charge in [-0.1, -0.05) is 12.1 Å². The summed E-state index contributed by atoms with van der Waals surface area (Å²) in [5.41, 5.74) is 1.72. The topological polar surface area (TPSA) is 20.3 Å². The maximum atomic E-state index is 12.9. The lowest BCUT2D eigenvalue weighted by Crippen LogP contribution is -2.32. The third kappa shape index (κ3) is 2.84. The van der Waals surface area contributed by atoms with Crippen molar-refractivity contribution >= 4 is 17.2 Å². The summed E-state index contributed by atoms with van der Waals surface area (Å²) in [4.78, 5) is 14.3. The summed E-state index contributed by atoms with van der Waals surface area (Å²) in [6.07, 6.45) is 2.13. The zero-order valence-corrected chi connectivity index (χ0v) is 11.2. The Bertz CT molecular complexity index is 560. The van der Waals surface area contributed by atoms with E-state index in [0.717, 1.165) is 24.0 Å². The van der Waals surface area contributed by atoms with Crippen LogP contribution in [0.1, 0.15) is 28.8 Å². The Kier molecular flexibility index (Phi) is 3.34. The van der Waals surface area contributed by atoms with Crippen molar-refractivity contribution in [2.24, 2.45) is 0 Å². The molecule has 0 bridgehead atoms. The van der Waals surface area contributed by atoms with E-state index in [1.54, 1.807) is 12.1 Å². The lowest BCUT2D eigenvalue weighted by Gasteiger charge is -2.22. The highest BCUT2D eigenvalue weighted by Crippen LogP contribution is 2.30. The fourth-order valence-electron chi connectivity index (χ4n) is 2.09. The maximum absolute atomic E-state index is 12.9. The zero-order valence-electron chi connectivity index (χ0n) is 10.4. The summed E-state index contributed by atoms with van der Waals surface area (Å²) < 4.78 is 12.9. The fourth-order valence-corrected chi connectivity index (χ4v) is 2.72. The van der Waals surface area contributed by atoms with Crippen LogP contribution in [0.5, 0.6) is 0 Å². The van der Waals surface area contributed by atoms with E-state index in [-0.39, 0.29) is 11.7 Å². The molecule has 1 saturated carbocycles. The van der Waals surface area contributed by atoms with Gasteiger partial charge < -0.3 is 4.90 Å². The third-order valence-corrected chi connectivity index (χ3v) is 3.97. The molecule has 3 rings (SSSR count). The highest BCUT2D eigenvalue weighted by atomic mass is 32.1. The molecule has 0 radical (unpaired) electrons. The number of halogens is 1. The molecule has 4 heteroatoms. The van der Waals surface area contributed by atoms with E-state index in [2.05, 4.69) is 0 Å². The molecule has 0 N–H and O–H groups in total. The quantitative estimate of drug-likeness (QED) is 0.833. The van der Waals surface area contributed by atoms with Crippen molar-refractivity contribution in [1.29, 1.82) is 0 Å². The van der Waals surface area contributed by atoms with Gasteiger partial charge in [0.15, 0.2) is 0 Å². The van der Waals surface area contributed by atoms with Gasteiger partial charge in [0.05, 0.1) is 5.56 Å². The molecule has 0 unspecified atom stereocenters. The fraction of sp³-hybridized carbons (Fsp3) is 0.267. The largest absolute Gasteiger partial charge is 0.331 e. The Hall–Kier alpha value is -1.68. The van der Waals surface area contributed by atoms with Gasteiger partial charge in [-0.25, -0.2) is 4.39 Å². The molecule has 0 aliphatic heterocycles. The van der Waals surface area contributed by atoms with Gasteiger partial charge in [-0.15, -0.1) is 0 Å². The Morgan fingerprint density at radius 2 is 2.00 bits per heavy atom. The standard InChI is InChI=1S/C15H14FNOS/c16-13-3-1-11(2-4-13)9-17(14-5-6-14)15(18)12-7-8-19-10-12/h1-4,7-8,10,14H,5-6,9H2. The Morgan fingerprint density at radius 1 is 1.26 bits per heavy atom. The summed E-state index contributed by atoms with van der Waals surface area (Å²) in [7, 11) is 0. The van der Waals surface area contributed by atoms with Crippen molar-refractivity contribution in [3.8, 4) is 0 Å². The molecule has 19 heavy (non-hydrogen) atoms. The molecule has 98 valence electrons. The number of hydrogen-bond donors (Lipinski definition) is 0. The predicted octanol–water partition coefficient (Wildman–Crippen LogP) is 3.69. The van der Waals surface area contributed by atoms with Crippen LogP contribution in [-0.2, 0) is 6.54 Å². The summed E-state index contributed by atoms with van der Waals surface area (Å²) in [5.74, 6) is -0.168. The molecule has 1 fully saturated rings. The molecule has 1 amide bonds. The van der Waals surface area contributed by atoms with Gasteiger partial charge >= 0.3 is 0 Å². The molecule has 0 spiro atoms. The monoisotopic (exact) mass is 275 g/mol. The van der Waals surface area contributed by atoms with Gasteiger partial charge in [0.2, 0.25) is 0 Å². The number of carbonyl (C=O) groups is 1. The minimum Gasteiger partial charge on any atom is -0.331 e. The number of thiophene rings is 1. The van der Waals surface area contributed by atoms with Crippen LogP contribution in [0.3, 0.4) is 0 Å². The van der Waals surface area contributed by atoms with E-state index in [4.69, 9.17) is 0 Å². The Morgan fingerprint density at radius 3 is 2.58 bits per heavy atom. The Labute approximate surface area is 115 Å². The first kappa shape index (κ1) is 12.4. The van der Waals surface area contributed by atoms with E-state index in [1.165, 1.54) is 23.5 Å². The number of benzene rings is 1. The van der Waals surface area contributed by atoms with Crippen LogP contribution < -0.4 is 0 Å². The molecule has 1 aliphatic carbocycles. The first-order valence-corrected chi connectivity index (χ1v) is 7.26. The molecule has 0 saturated heterocycles. The van der Waals surface area contributed by atoms with Crippen LogP contribution in [0.15, 0.2) is 41.1 Å². The minimum atomic E-state index is -0.245. The highest BCUT2D eigenvalue weighted by molar-refractivity contribution is 7.08. The third-order valence-electron chi connectivity index (χ3n) is 3.28. The van der Waals surface area contributed by atoms with Crippen LogP contribution in [0.25, 0.3) is 0 Å². The first-order chi connectivity index (χ1) is 9.24. The van der Waals surface area contributed by atoms with Crippen molar-refractivity contribution in [2.75, 3.05) is 0 Å². The van der Waals surface area contributed by atoms with E-state index in [1.807, 2.05) is 21.7 Å². The summed E-state index contributed by atoms with van der Waals surface area (Å²) in [6.45, 7) is 0.555. The normalized spacial score (nSPS) is 14.4. The smallest absolute Gasteiger partial charge is 0.255 e. The molecule has 1 aliphatic rings. The van der Waals surface area contributed by atoms with E-state index in [9.17, 15) is 9.18 Å². The summed E-state index contributed by atoms with van der Waals surface area (Å²) in [6, 6.07) is 8.56. The average molecular weight is 275 g/mol. The van der Waals surface area contributed by atoms with Crippen molar-refractivity contribution in [3.63, 3.8) is 0 Å². The lowest BCUT2D eigenvalue weighted by molar-refractivity contribution is 0.0730. The van der Waals surface area contributed by atoms with Crippen molar-refractivity contribution in [2.45, 2.75) is 25.4 Å². The molecule has 1 aromatic heterocycles. The number of amides is 1.